The Morgan fingerprint density at radius 3 is 2.35 bits per heavy atom. The van der Waals surface area contributed by atoms with Crippen LogP contribution >= 0.6 is 0 Å². The van der Waals surface area contributed by atoms with Crippen molar-refractivity contribution in [2.75, 3.05) is 20.3 Å². The van der Waals surface area contributed by atoms with Gasteiger partial charge < -0.3 is 14.8 Å². The van der Waals surface area contributed by atoms with Gasteiger partial charge in [0.1, 0.15) is 11.6 Å². The largest absolute Gasteiger partial charge is 0.350 e. The van der Waals surface area contributed by atoms with E-state index >= 15 is 0 Å². The lowest BCUT2D eigenvalue weighted by molar-refractivity contribution is -0.0526. The van der Waals surface area contributed by atoms with E-state index in [4.69, 9.17) is 9.47 Å². The molecule has 0 radical (unpaired) electrons. The van der Waals surface area contributed by atoms with Crippen molar-refractivity contribution in [1.82, 2.24) is 5.32 Å². The maximum atomic E-state index is 13.1. The lowest BCUT2D eigenvalue weighted by Crippen LogP contribution is -2.23. The van der Waals surface area contributed by atoms with Crippen molar-refractivity contribution in [2.24, 2.45) is 0 Å². The molecule has 1 N–H and O–H groups in total. The zero-order valence-corrected chi connectivity index (χ0v) is 9.58. The molecule has 2 rings (SSSR count). The molecule has 0 bridgehead atoms. The van der Waals surface area contributed by atoms with Crippen LogP contribution in [0, 0.1) is 11.6 Å². The summed E-state index contributed by atoms with van der Waals surface area (Å²) in [6.07, 6.45) is 0.220. The first-order valence-electron chi connectivity index (χ1n) is 5.55. The Labute approximate surface area is 98.7 Å². The maximum Gasteiger partial charge on any atom is 0.159 e. The summed E-state index contributed by atoms with van der Waals surface area (Å²) in [6, 6.07) is 3.31. The van der Waals surface area contributed by atoms with Gasteiger partial charge in [-0.1, -0.05) is 0 Å². The SMILES string of the molecule is CNC(CC1OCCO1)c1cc(F)cc(F)c1. The van der Waals surface area contributed by atoms with Gasteiger partial charge in [-0.2, -0.15) is 0 Å². The molecule has 1 saturated heterocycles. The van der Waals surface area contributed by atoms with Gasteiger partial charge in [0.2, 0.25) is 0 Å². The predicted octanol–water partition coefficient (Wildman–Crippen LogP) is 1.99. The van der Waals surface area contributed by atoms with Crippen LogP contribution in [0.2, 0.25) is 0 Å². The van der Waals surface area contributed by atoms with Crippen molar-refractivity contribution in [2.45, 2.75) is 18.8 Å². The number of rotatable bonds is 4. The van der Waals surface area contributed by atoms with Gasteiger partial charge in [0.15, 0.2) is 6.29 Å². The summed E-state index contributed by atoms with van der Waals surface area (Å²) in [5.41, 5.74) is 0.559. The van der Waals surface area contributed by atoms with Gasteiger partial charge in [-0.15, -0.1) is 0 Å². The van der Waals surface area contributed by atoms with Crippen molar-refractivity contribution >= 4 is 0 Å². The summed E-state index contributed by atoms with van der Waals surface area (Å²) in [6.45, 7) is 1.14. The minimum Gasteiger partial charge on any atom is -0.350 e. The molecule has 0 saturated carbocycles. The topological polar surface area (TPSA) is 30.5 Å². The van der Waals surface area contributed by atoms with Crippen molar-refractivity contribution in [1.29, 1.82) is 0 Å². The van der Waals surface area contributed by atoms with Gasteiger partial charge >= 0.3 is 0 Å². The Morgan fingerprint density at radius 1 is 1.24 bits per heavy atom. The maximum absolute atomic E-state index is 13.1. The van der Waals surface area contributed by atoms with Crippen molar-refractivity contribution < 1.29 is 18.3 Å². The molecule has 0 amide bonds. The average Bonchev–Trinajstić information content (AvgIpc) is 2.77. The highest BCUT2D eigenvalue weighted by Crippen LogP contribution is 2.23. The second kappa shape index (κ2) is 5.53. The fraction of sp³-hybridized carbons (Fsp3) is 0.500. The zero-order chi connectivity index (χ0) is 12.3. The fourth-order valence-electron chi connectivity index (χ4n) is 1.93. The van der Waals surface area contributed by atoms with E-state index in [2.05, 4.69) is 5.32 Å². The number of hydrogen-bond donors (Lipinski definition) is 1. The third-order valence-corrected chi connectivity index (χ3v) is 2.75. The highest BCUT2D eigenvalue weighted by Gasteiger charge is 2.22. The quantitative estimate of drug-likeness (QED) is 0.877. The molecule has 17 heavy (non-hydrogen) atoms. The van der Waals surface area contributed by atoms with E-state index in [0.717, 1.165) is 6.07 Å². The molecule has 1 aromatic carbocycles. The molecule has 1 heterocycles. The van der Waals surface area contributed by atoms with Gasteiger partial charge in [-0.3, -0.25) is 0 Å². The van der Waals surface area contributed by atoms with Gasteiger partial charge in [0.05, 0.1) is 13.2 Å². The Bertz CT molecular complexity index is 361. The number of benzene rings is 1. The molecule has 94 valence electrons. The monoisotopic (exact) mass is 243 g/mol. The van der Waals surface area contributed by atoms with E-state index in [-0.39, 0.29) is 12.3 Å². The molecule has 1 aromatic rings. The minimum atomic E-state index is -0.575. The number of hydrogen-bond acceptors (Lipinski definition) is 3. The molecule has 0 aliphatic carbocycles. The van der Waals surface area contributed by atoms with Crippen LogP contribution in [0.1, 0.15) is 18.0 Å². The van der Waals surface area contributed by atoms with Gasteiger partial charge in [-0.05, 0) is 24.7 Å². The van der Waals surface area contributed by atoms with E-state index < -0.39 is 11.6 Å². The van der Waals surface area contributed by atoms with E-state index in [1.165, 1.54) is 12.1 Å². The molecule has 1 fully saturated rings. The summed E-state index contributed by atoms with van der Waals surface area (Å²) in [5.74, 6) is -1.15. The average molecular weight is 243 g/mol. The van der Waals surface area contributed by atoms with E-state index in [1.54, 1.807) is 7.05 Å². The molecule has 3 nitrogen and oxygen atoms in total. The number of ether oxygens (including phenoxy) is 2. The third-order valence-electron chi connectivity index (χ3n) is 2.75. The summed E-state index contributed by atoms with van der Waals surface area (Å²) >= 11 is 0. The first-order valence-corrected chi connectivity index (χ1v) is 5.55. The molecule has 1 aliphatic heterocycles. The van der Waals surface area contributed by atoms with Gasteiger partial charge in [0.25, 0.3) is 0 Å². The lowest BCUT2D eigenvalue weighted by Gasteiger charge is -2.19. The predicted molar refractivity (Wildman–Crippen MR) is 58.5 cm³/mol. The summed E-state index contributed by atoms with van der Waals surface area (Å²) < 4.78 is 36.9. The molecule has 1 atom stereocenters. The molecule has 5 heteroatoms. The second-order valence-corrected chi connectivity index (χ2v) is 3.95. The number of halogens is 2. The van der Waals surface area contributed by atoms with Crippen LogP contribution in [-0.2, 0) is 9.47 Å². The molecule has 0 aromatic heterocycles. The van der Waals surface area contributed by atoms with Gasteiger partial charge in [0, 0.05) is 18.5 Å². The number of nitrogens with one attached hydrogen (secondary N) is 1. The van der Waals surface area contributed by atoms with Crippen LogP contribution in [0.15, 0.2) is 18.2 Å². The van der Waals surface area contributed by atoms with Crippen LogP contribution in [-0.4, -0.2) is 26.6 Å². The summed E-state index contributed by atoms with van der Waals surface area (Å²) in [7, 11) is 1.74. The normalized spacial score (nSPS) is 18.5. The molecule has 1 unspecified atom stereocenters. The third kappa shape index (κ3) is 3.21. The van der Waals surface area contributed by atoms with Crippen LogP contribution in [0.4, 0.5) is 8.78 Å². The van der Waals surface area contributed by atoms with E-state index in [9.17, 15) is 8.78 Å². The fourth-order valence-corrected chi connectivity index (χ4v) is 1.93. The Morgan fingerprint density at radius 2 is 1.82 bits per heavy atom. The molecule has 1 aliphatic rings. The smallest absolute Gasteiger partial charge is 0.159 e. The lowest BCUT2D eigenvalue weighted by atomic mass is 10.0. The molecular formula is C12H15F2NO2. The van der Waals surface area contributed by atoms with Crippen molar-refractivity contribution in [3.05, 3.63) is 35.4 Å². The second-order valence-electron chi connectivity index (χ2n) is 3.95. The minimum absolute atomic E-state index is 0.191. The first kappa shape index (κ1) is 12.4. The van der Waals surface area contributed by atoms with Gasteiger partial charge in [-0.25, -0.2) is 8.78 Å². The Hall–Kier alpha value is -1.04. The molecule has 0 spiro atoms. The van der Waals surface area contributed by atoms with E-state index in [1.807, 2.05) is 0 Å². The standard InChI is InChI=1S/C12H15F2NO2/c1-15-11(7-12-16-2-3-17-12)8-4-9(13)6-10(14)5-8/h4-6,11-12,15H,2-3,7H2,1H3. The zero-order valence-electron chi connectivity index (χ0n) is 9.58. The van der Waals surface area contributed by atoms with Crippen LogP contribution in [0.3, 0.4) is 0 Å². The summed E-state index contributed by atoms with van der Waals surface area (Å²) in [4.78, 5) is 0. The van der Waals surface area contributed by atoms with E-state index in [0.29, 0.717) is 25.2 Å². The first-order chi connectivity index (χ1) is 8.19. The van der Waals surface area contributed by atoms with Crippen molar-refractivity contribution in [3.8, 4) is 0 Å². The highest BCUT2D eigenvalue weighted by molar-refractivity contribution is 5.21. The van der Waals surface area contributed by atoms with Crippen molar-refractivity contribution in [3.63, 3.8) is 0 Å². The van der Waals surface area contributed by atoms with Crippen LogP contribution in [0.5, 0.6) is 0 Å². The van der Waals surface area contributed by atoms with Crippen LogP contribution < -0.4 is 5.32 Å². The molecular weight excluding hydrogens is 228 g/mol. The van der Waals surface area contributed by atoms with Crippen LogP contribution in [0.25, 0.3) is 0 Å². The summed E-state index contributed by atoms with van der Waals surface area (Å²) in [5, 5.41) is 3.01. The Balaban J connectivity index is 2.10. The Kier molecular flexibility index (Phi) is 4.04. The highest BCUT2D eigenvalue weighted by atomic mass is 19.1.